The van der Waals surface area contributed by atoms with E-state index in [0.29, 0.717) is 10.8 Å². The minimum atomic E-state index is 0.458. The van der Waals surface area contributed by atoms with Crippen LogP contribution in [0.5, 0.6) is 0 Å². The van der Waals surface area contributed by atoms with Crippen molar-refractivity contribution in [3.63, 3.8) is 0 Å². The van der Waals surface area contributed by atoms with Gasteiger partial charge in [0.25, 0.3) is 0 Å². The second-order valence-corrected chi connectivity index (χ2v) is 22.8. The fraction of sp³-hybridized carbons (Fsp3) is 1.00. The van der Waals surface area contributed by atoms with Crippen molar-refractivity contribution >= 4 is 0 Å². The highest BCUT2D eigenvalue weighted by Gasteiger charge is 2.79. The van der Waals surface area contributed by atoms with Gasteiger partial charge in [-0.1, -0.05) is 108 Å². The number of hydrogen-bond donors (Lipinski definition) is 0. The molecule has 0 N–H and O–H groups in total. The molecule has 0 aromatic rings. The van der Waals surface area contributed by atoms with Crippen LogP contribution in [-0.4, -0.2) is 0 Å². The van der Waals surface area contributed by atoms with Gasteiger partial charge in [0, 0.05) is 0 Å². The lowest BCUT2D eigenvalue weighted by Crippen LogP contribution is -2.68. The van der Waals surface area contributed by atoms with Crippen molar-refractivity contribution in [2.24, 2.45) is 135 Å². The molecule has 0 aromatic carbocycles. The van der Waals surface area contributed by atoms with E-state index in [4.69, 9.17) is 0 Å². The molecule has 8 aliphatic carbocycles. The monoisotopic (exact) mass is 645 g/mol. The molecule has 0 amide bonds. The first-order chi connectivity index (χ1) is 22.3. The fourth-order valence-corrected chi connectivity index (χ4v) is 18.8. The Hall–Kier alpha value is 0. The van der Waals surface area contributed by atoms with Gasteiger partial charge in [0.05, 0.1) is 0 Å². The van der Waals surface area contributed by atoms with Gasteiger partial charge in [-0.05, 0) is 186 Å². The minimum Gasteiger partial charge on any atom is -0.0625 e. The van der Waals surface area contributed by atoms with Crippen LogP contribution in [0.15, 0.2) is 0 Å². The number of fused-ring (bicyclic) bond motifs is 13. The molecule has 8 fully saturated rings. The zero-order valence-corrected chi connectivity index (χ0v) is 33.3. The van der Waals surface area contributed by atoms with Crippen molar-refractivity contribution in [1.82, 2.24) is 0 Å². The summed E-state index contributed by atoms with van der Waals surface area (Å²) in [5.74, 6) is 20.9. The van der Waals surface area contributed by atoms with Crippen LogP contribution < -0.4 is 0 Å². The molecule has 16 unspecified atom stereocenters. The van der Waals surface area contributed by atoms with Crippen LogP contribution in [0.3, 0.4) is 0 Å². The van der Waals surface area contributed by atoms with E-state index in [2.05, 4.69) is 76.2 Å². The second kappa shape index (κ2) is 12.0. The molecule has 8 rings (SSSR count). The van der Waals surface area contributed by atoms with E-state index in [1.807, 2.05) is 0 Å². The predicted molar refractivity (Wildman–Crippen MR) is 201 cm³/mol. The Morgan fingerprint density at radius 3 is 1.70 bits per heavy atom. The summed E-state index contributed by atoms with van der Waals surface area (Å²) in [6.45, 7) is 29.4. The van der Waals surface area contributed by atoms with E-state index in [1.165, 1.54) is 19.3 Å². The Morgan fingerprint density at radius 1 is 0.489 bits per heavy atom. The highest BCUT2D eigenvalue weighted by molar-refractivity contribution is 5.26. The van der Waals surface area contributed by atoms with Crippen molar-refractivity contribution in [2.75, 3.05) is 0 Å². The van der Waals surface area contributed by atoms with E-state index < -0.39 is 0 Å². The molecule has 0 bridgehead atoms. The smallest absolute Gasteiger partial charge is 0.0165 e. The van der Waals surface area contributed by atoms with Gasteiger partial charge >= 0.3 is 0 Å². The Kier molecular flexibility index (Phi) is 8.73. The fourth-order valence-electron chi connectivity index (χ4n) is 18.8. The lowest BCUT2D eigenvalue weighted by Gasteiger charge is -2.72. The summed E-state index contributed by atoms with van der Waals surface area (Å²) in [6, 6.07) is 0. The molecule has 0 nitrogen and oxygen atoms in total. The molecule has 47 heavy (non-hydrogen) atoms. The van der Waals surface area contributed by atoms with Crippen molar-refractivity contribution in [2.45, 2.75) is 160 Å². The molecule has 268 valence electrons. The Morgan fingerprint density at radius 2 is 1.11 bits per heavy atom. The van der Waals surface area contributed by atoms with Crippen LogP contribution in [-0.2, 0) is 0 Å². The molecule has 0 heterocycles. The van der Waals surface area contributed by atoms with Crippen LogP contribution in [0.2, 0.25) is 0 Å². The Bertz CT molecular complexity index is 1100. The highest BCUT2D eigenvalue weighted by Crippen LogP contribution is 2.83. The van der Waals surface area contributed by atoms with Crippen molar-refractivity contribution in [3.8, 4) is 0 Å². The second-order valence-electron chi connectivity index (χ2n) is 22.8. The molecule has 0 aliphatic heterocycles. The van der Waals surface area contributed by atoms with E-state index in [9.17, 15) is 0 Å². The zero-order valence-electron chi connectivity index (χ0n) is 33.3. The zero-order chi connectivity index (χ0) is 33.3. The third kappa shape index (κ3) is 4.74. The summed E-state index contributed by atoms with van der Waals surface area (Å²) >= 11 is 0. The first-order valence-electron chi connectivity index (χ1n) is 22.3. The maximum atomic E-state index is 2.71. The summed E-state index contributed by atoms with van der Waals surface area (Å²) in [6.07, 6.45) is 20.6. The predicted octanol–water partition coefficient (Wildman–Crippen LogP) is 13.3. The first kappa shape index (κ1) is 34.1. The highest BCUT2D eigenvalue weighted by atomic mass is 14.8. The van der Waals surface area contributed by atoms with Gasteiger partial charge in [0.15, 0.2) is 0 Å². The average Bonchev–Trinajstić information content (AvgIpc) is 3.53. The molecular formula is C47H80. The lowest BCUT2D eigenvalue weighted by atomic mass is 9.32. The molecule has 0 heteroatoms. The number of rotatable bonds is 4. The van der Waals surface area contributed by atoms with Crippen LogP contribution in [0, 0.1) is 135 Å². The van der Waals surface area contributed by atoms with Crippen molar-refractivity contribution < 1.29 is 0 Å². The van der Waals surface area contributed by atoms with E-state index >= 15 is 0 Å². The van der Waals surface area contributed by atoms with E-state index in [0.717, 1.165) is 124 Å². The molecule has 1 spiro atoms. The van der Waals surface area contributed by atoms with Gasteiger partial charge in [0.2, 0.25) is 0 Å². The maximum Gasteiger partial charge on any atom is -0.0165 e. The van der Waals surface area contributed by atoms with Gasteiger partial charge in [0.1, 0.15) is 0 Å². The van der Waals surface area contributed by atoms with Crippen LogP contribution in [0.1, 0.15) is 160 Å². The third-order valence-corrected chi connectivity index (χ3v) is 19.1. The summed E-state index contributed by atoms with van der Waals surface area (Å²) < 4.78 is 0. The van der Waals surface area contributed by atoms with Crippen LogP contribution >= 0.6 is 0 Å². The normalized spacial score (nSPS) is 53.8. The molecular weight excluding hydrogens is 565 g/mol. The summed E-state index contributed by atoms with van der Waals surface area (Å²) in [4.78, 5) is 0. The topological polar surface area (TPSA) is 0 Å². The van der Waals surface area contributed by atoms with Gasteiger partial charge in [-0.25, -0.2) is 0 Å². The third-order valence-electron chi connectivity index (χ3n) is 19.1. The van der Waals surface area contributed by atoms with Gasteiger partial charge in [-0.3, -0.25) is 0 Å². The molecule has 0 saturated heterocycles. The molecule has 16 atom stereocenters. The standard InChI is InChI=1S/C47H80/c1-25(2)34-22-29-16-12-13-17-31(29)41-35(34)23-30-20-21-37-42(40(30)41)36-24-38(46(9,10)11)32-18-14-15-19-33(32)45(36)47(37)43(27(5)6)39(26(3)4)44(47)28(7)8/h25-45H,12-24H2,1-11H3. The molecule has 0 aromatic heterocycles. The average molecular weight is 645 g/mol. The maximum absolute atomic E-state index is 2.71. The van der Waals surface area contributed by atoms with Crippen LogP contribution in [0.4, 0.5) is 0 Å². The minimum absolute atomic E-state index is 0.458. The lowest BCUT2D eigenvalue weighted by molar-refractivity contribution is -0.256. The summed E-state index contributed by atoms with van der Waals surface area (Å²) in [5, 5.41) is 0. The number of hydrogen-bond acceptors (Lipinski definition) is 0. The molecule has 8 saturated carbocycles. The SMILES string of the molecule is CC(C)C1CC2CCCCC2C2C1CC1CCC3C(C4CC(C(C)(C)C)C5CCCCC5C4C34C(C(C)C)C(C(C)C)C4C(C)C)C12. The van der Waals surface area contributed by atoms with E-state index in [-0.39, 0.29) is 0 Å². The molecule has 8 aliphatic rings. The summed E-state index contributed by atoms with van der Waals surface area (Å²) in [5.41, 5.74) is 1.09. The van der Waals surface area contributed by atoms with E-state index in [1.54, 1.807) is 64.2 Å². The Balaban J connectivity index is 1.31. The largest absolute Gasteiger partial charge is 0.0625 e. The van der Waals surface area contributed by atoms with Crippen LogP contribution in [0.25, 0.3) is 0 Å². The Labute approximate surface area is 293 Å². The van der Waals surface area contributed by atoms with Gasteiger partial charge in [-0.2, -0.15) is 0 Å². The van der Waals surface area contributed by atoms with Crippen molar-refractivity contribution in [3.05, 3.63) is 0 Å². The molecule has 0 radical (unpaired) electrons. The van der Waals surface area contributed by atoms with Gasteiger partial charge < -0.3 is 0 Å². The van der Waals surface area contributed by atoms with Gasteiger partial charge in [-0.15, -0.1) is 0 Å². The quantitative estimate of drug-likeness (QED) is 0.286. The van der Waals surface area contributed by atoms with Crippen molar-refractivity contribution in [1.29, 1.82) is 0 Å². The first-order valence-corrected chi connectivity index (χ1v) is 22.3. The summed E-state index contributed by atoms with van der Waals surface area (Å²) in [7, 11) is 0.